The fourth-order valence-corrected chi connectivity index (χ4v) is 6.85. The molecule has 0 spiro atoms. The number of fused-ring (bicyclic) bond motifs is 3. The van der Waals surface area contributed by atoms with Gasteiger partial charge in [-0.15, -0.1) is 0 Å². The summed E-state index contributed by atoms with van der Waals surface area (Å²) in [7, 11) is 0. The third-order valence-electron chi connectivity index (χ3n) is 9.27. The molecule has 15 nitrogen and oxygen atoms in total. The summed E-state index contributed by atoms with van der Waals surface area (Å²) in [6.07, 6.45) is -13.7. The normalized spacial score (nSPS) is 46.8. The molecule has 6 rings (SSSR count). The van der Waals surface area contributed by atoms with E-state index in [1.54, 1.807) is 43.3 Å². The Hall–Kier alpha value is -2.70. The van der Waals surface area contributed by atoms with Gasteiger partial charge in [-0.1, -0.05) is 18.2 Å². The highest BCUT2D eigenvalue weighted by Gasteiger charge is 2.67. The first kappa shape index (κ1) is 32.2. The van der Waals surface area contributed by atoms with Crippen molar-refractivity contribution in [3.63, 3.8) is 0 Å². The Labute approximate surface area is 257 Å². The number of carbonyl (C=O) groups excluding carboxylic acids is 2. The third-order valence-corrected chi connectivity index (χ3v) is 9.27. The van der Waals surface area contributed by atoms with Crippen molar-refractivity contribution < 1.29 is 73.4 Å². The minimum atomic E-state index is -1.73. The molecule has 1 aromatic rings. The van der Waals surface area contributed by atoms with Gasteiger partial charge in [0, 0.05) is 18.8 Å². The van der Waals surface area contributed by atoms with Gasteiger partial charge in [0.25, 0.3) is 0 Å². The first-order chi connectivity index (χ1) is 21.5. The Balaban J connectivity index is 1.20. The lowest BCUT2D eigenvalue weighted by Crippen LogP contribution is -2.63. The molecule has 2 aliphatic carbocycles. The van der Waals surface area contributed by atoms with Crippen LogP contribution in [0.2, 0.25) is 0 Å². The first-order valence-corrected chi connectivity index (χ1v) is 14.9. The first-order valence-electron chi connectivity index (χ1n) is 14.9. The number of aliphatic hydroxyl groups is 6. The van der Waals surface area contributed by atoms with Crippen LogP contribution in [0.25, 0.3) is 0 Å². The SMILES string of the molecule is CC(=O)OC1C(OC2C3C=COC(OC4C(O)C(O)C(O)C(O)C4CO)C3C3OC23)OC(C)C(O)C1OC(=O)c1ccccc1. The van der Waals surface area contributed by atoms with Crippen LogP contribution >= 0.6 is 0 Å². The summed E-state index contributed by atoms with van der Waals surface area (Å²) in [6, 6.07) is 8.13. The van der Waals surface area contributed by atoms with Gasteiger partial charge in [-0.25, -0.2) is 4.79 Å². The number of hydrogen-bond acceptors (Lipinski definition) is 15. The Morgan fingerprint density at radius 1 is 0.778 bits per heavy atom. The molecule has 17 atom stereocenters. The van der Waals surface area contributed by atoms with E-state index in [4.69, 9.17) is 33.2 Å². The molecule has 2 saturated carbocycles. The average molecular weight is 639 g/mol. The molecule has 17 unspecified atom stereocenters. The van der Waals surface area contributed by atoms with Crippen LogP contribution in [-0.2, 0) is 38.0 Å². The number of esters is 2. The van der Waals surface area contributed by atoms with Crippen LogP contribution in [-0.4, -0.2) is 135 Å². The molecular weight excluding hydrogens is 600 g/mol. The fourth-order valence-electron chi connectivity index (χ4n) is 6.85. The number of ether oxygens (including phenoxy) is 7. The lowest BCUT2D eigenvalue weighted by Gasteiger charge is -2.46. The lowest BCUT2D eigenvalue weighted by molar-refractivity contribution is -0.314. The van der Waals surface area contributed by atoms with E-state index in [2.05, 4.69) is 0 Å². The summed E-state index contributed by atoms with van der Waals surface area (Å²) in [5.74, 6) is -3.52. The van der Waals surface area contributed by atoms with Gasteiger partial charge in [-0.3, -0.25) is 4.79 Å². The number of aliphatic hydroxyl groups excluding tert-OH is 6. The third kappa shape index (κ3) is 5.98. The molecule has 15 heteroatoms. The average Bonchev–Trinajstić information content (AvgIpc) is 3.75. The van der Waals surface area contributed by atoms with E-state index in [1.165, 1.54) is 13.2 Å². The molecule has 1 aromatic carbocycles. The summed E-state index contributed by atoms with van der Waals surface area (Å²) in [4.78, 5) is 25.1. The van der Waals surface area contributed by atoms with Crippen LogP contribution in [0.4, 0.5) is 0 Å². The van der Waals surface area contributed by atoms with Crippen LogP contribution in [0.5, 0.6) is 0 Å². The van der Waals surface area contributed by atoms with Gasteiger partial charge in [0.05, 0.1) is 54.9 Å². The number of epoxide rings is 1. The molecule has 6 N–H and O–H groups in total. The predicted molar refractivity (Wildman–Crippen MR) is 146 cm³/mol. The zero-order chi connectivity index (χ0) is 32.2. The Morgan fingerprint density at radius 3 is 2.16 bits per heavy atom. The van der Waals surface area contributed by atoms with Crippen LogP contribution < -0.4 is 0 Å². The van der Waals surface area contributed by atoms with Crippen molar-refractivity contribution in [2.75, 3.05) is 6.61 Å². The second-order valence-corrected chi connectivity index (χ2v) is 12.1. The van der Waals surface area contributed by atoms with Crippen LogP contribution in [0.3, 0.4) is 0 Å². The van der Waals surface area contributed by atoms with Crippen molar-refractivity contribution >= 4 is 11.9 Å². The molecule has 248 valence electrons. The van der Waals surface area contributed by atoms with E-state index in [0.29, 0.717) is 0 Å². The van der Waals surface area contributed by atoms with Crippen molar-refractivity contribution in [2.45, 2.75) is 99.7 Å². The van der Waals surface area contributed by atoms with Gasteiger partial charge in [0.15, 0.2) is 18.5 Å². The molecule has 45 heavy (non-hydrogen) atoms. The smallest absolute Gasteiger partial charge is 0.338 e. The molecule has 0 aromatic heterocycles. The second-order valence-electron chi connectivity index (χ2n) is 12.1. The zero-order valence-corrected chi connectivity index (χ0v) is 24.4. The van der Waals surface area contributed by atoms with Gasteiger partial charge in [-0.2, -0.15) is 0 Å². The van der Waals surface area contributed by atoms with Crippen molar-refractivity contribution in [2.24, 2.45) is 17.8 Å². The summed E-state index contributed by atoms with van der Waals surface area (Å²) >= 11 is 0. The Morgan fingerprint density at radius 2 is 1.47 bits per heavy atom. The molecule has 0 radical (unpaired) electrons. The quantitative estimate of drug-likeness (QED) is 0.133. The van der Waals surface area contributed by atoms with Gasteiger partial charge < -0.3 is 63.8 Å². The molecule has 4 fully saturated rings. The highest BCUT2D eigenvalue weighted by atomic mass is 16.7. The van der Waals surface area contributed by atoms with E-state index in [-0.39, 0.29) is 5.56 Å². The van der Waals surface area contributed by atoms with Crippen molar-refractivity contribution in [1.29, 1.82) is 0 Å². The molecule has 0 amide bonds. The largest absolute Gasteiger partial charge is 0.472 e. The second kappa shape index (κ2) is 12.8. The van der Waals surface area contributed by atoms with Crippen LogP contribution in [0.15, 0.2) is 42.7 Å². The van der Waals surface area contributed by atoms with Crippen molar-refractivity contribution in [1.82, 2.24) is 0 Å². The van der Waals surface area contributed by atoms with Gasteiger partial charge in [0.2, 0.25) is 6.29 Å². The molecule has 3 aliphatic heterocycles. The van der Waals surface area contributed by atoms with Crippen molar-refractivity contribution in [3.8, 4) is 0 Å². The topological polar surface area (TPSA) is 223 Å². The summed E-state index contributed by atoms with van der Waals surface area (Å²) in [5.41, 5.74) is 0.232. The van der Waals surface area contributed by atoms with E-state index >= 15 is 0 Å². The van der Waals surface area contributed by atoms with Gasteiger partial charge in [0.1, 0.15) is 30.5 Å². The molecule has 3 heterocycles. The highest BCUT2D eigenvalue weighted by Crippen LogP contribution is 2.53. The van der Waals surface area contributed by atoms with Crippen LogP contribution in [0, 0.1) is 17.8 Å². The maximum Gasteiger partial charge on any atom is 0.338 e. The van der Waals surface area contributed by atoms with E-state index in [9.17, 15) is 40.2 Å². The van der Waals surface area contributed by atoms with Crippen LogP contribution in [0.1, 0.15) is 24.2 Å². The van der Waals surface area contributed by atoms with E-state index < -0.39 is 122 Å². The van der Waals surface area contributed by atoms with Crippen molar-refractivity contribution in [3.05, 3.63) is 48.2 Å². The molecule has 2 saturated heterocycles. The van der Waals surface area contributed by atoms with Gasteiger partial charge in [-0.05, 0) is 25.1 Å². The molecule has 0 bridgehead atoms. The van der Waals surface area contributed by atoms with Gasteiger partial charge >= 0.3 is 11.9 Å². The number of rotatable bonds is 8. The number of hydrogen-bond donors (Lipinski definition) is 6. The van der Waals surface area contributed by atoms with E-state index in [0.717, 1.165) is 0 Å². The lowest BCUT2D eigenvalue weighted by atomic mass is 9.78. The van der Waals surface area contributed by atoms with E-state index in [1.807, 2.05) is 0 Å². The maximum atomic E-state index is 12.9. The predicted octanol–water partition coefficient (Wildman–Crippen LogP) is -2.03. The fraction of sp³-hybridized carbons (Fsp3) is 0.667. The molecule has 5 aliphatic rings. The molecular formula is C30H38O15. The minimum absolute atomic E-state index is 0.232. The summed E-state index contributed by atoms with van der Waals surface area (Å²) in [5, 5.41) is 62.2. The minimum Gasteiger partial charge on any atom is -0.472 e. The monoisotopic (exact) mass is 638 g/mol. The maximum absolute atomic E-state index is 12.9. The zero-order valence-electron chi connectivity index (χ0n) is 24.4. The summed E-state index contributed by atoms with van der Waals surface area (Å²) < 4.78 is 41.1. The Kier molecular flexibility index (Phi) is 9.20. The number of carbonyl (C=O) groups is 2. The number of benzene rings is 1. The summed E-state index contributed by atoms with van der Waals surface area (Å²) in [6.45, 7) is 2.08. The Bertz CT molecular complexity index is 1240. The highest BCUT2D eigenvalue weighted by molar-refractivity contribution is 5.89. The standard InChI is InChI=1S/C30H38O15/c1-11-17(33)25(43-28(38)13-6-4-3-5-7-13)27(41-12(2)32)30(40-11)45-23-14-8-9-39-29(16(14)24-26(23)42-24)44-22-15(10-31)18(34)19(35)20(36)21(22)37/h3-9,11,14-27,29-31,33-37H,10H2,1-2H3.